The summed E-state index contributed by atoms with van der Waals surface area (Å²) in [6.07, 6.45) is 0.440. The van der Waals surface area contributed by atoms with Crippen LogP contribution in [0.3, 0.4) is 0 Å². The topological polar surface area (TPSA) is 55.4 Å². The van der Waals surface area contributed by atoms with Gasteiger partial charge in [0.2, 0.25) is 10.0 Å². The number of sulfonamides is 1. The zero-order valence-electron chi connectivity index (χ0n) is 13.4. The number of benzene rings is 2. The van der Waals surface area contributed by atoms with E-state index in [1.807, 2.05) is 49.4 Å². The van der Waals surface area contributed by atoms with Crippen LogP contribution in [-0.2, 0) is 14.8 Å². The number of rotatable bonds is 5. The fraction of sp³-hybridized carbons (Fsp3) is 0.333. The van der Waals surface area contributed by atoms with Gasteiger partial charge < -0.3 is 4.74 Å². The first-order valence-electron chi connectivity index (χ1n) is 7.85. The van der Waals surface area contributed by atoms with Crippen LogP contribution in [0, 0.1) is 6.92 Å². The minimum atomic E-state index is -3.54. The molecule has 0 aromatic heterocycles. The van der Waals surface area contributed by atoms with Gasteiger partial charge >= 0.3 is 0 Å². The van der Waals surface area contributed by atoms with E-state index in [2.05, 4.69) is 27.3 Å². The lowest BCUT2D eigenvalue weighted by Crippen LogP contribution is -2.41. The molecule has 0 spiro atoms. The predicted molar refractivity (Wildman–Crippen MR) is 103 cm³/mol. The highest BCUT2D eigenvalue weighted by molar-refractivity contribution is 14.1. The van der Waals surface area contributed by atoms with Crippen LogP contribution in [0.25, 0.3) is 0 Å². The molecule has 1 heterocycles. The zero-order valence-corrected chi connectivity index (χ0v) is 16.3. The van der Waals surface area contributed by atoms with Gasteiger partial charge in [-0.3, -0.25) is 0 Å². The number of nitrogens with one attached hydrogen (secondary N) is 1. The van der Waals surface area contributed by atoms with Crippen LogP contribution in [0.4, 0.5) is 0 Å². The molecule has 0 radical (unpaired) electrons. The lowest BCUT2D eigenvalue weighted by Gasteiger charge is -2.17. The van der Waals surface area contributed by atoms with E-state index in [0.29, 0.717) is 11.3 Å². The summed E-state index contributed by atoms with van der Waals surface area (Å²) < 4.78 is 34.9. The largest absolute Gasteiger partial charge is 0.368 e. The molecule has 1 N–H and O–H groups in total. The van der Waals surface area contributed by atoms with Gasteiger partial charge in [-0.05, 0) is 31.0 Å². The van der Waals surface area contributed by atoms with Gasteiger partial charge in [-0.1, -0.05) is 70.6 Å². The van der Waals surface area contributed by atoms with E-state index < -0.39 is 10.0 Å². The molecule has 1 aliphatic rings. The van der Waals surface area contributed by atoms with Gasteiger partial charge in [-0.15, -0.1) is 0 Å². The normalized spacial score (nSPS) is 24.2. The number of alkyl halides is 1. The first-order chi connectivity index (χ1) is 11.5. The molecule has 0 saturated carbocycles. The Morgan fingerprint density at radius 2 is 1.79 bits per heavy atom. The number of hydrogen-bond donors (Lipinski definition) is 1. The van der Waals surface area contributed by atoms with E-state index in [1.54, 1.807) is 12.1 Å². The molecule has 0 unspecified atom stereocenters. The van der Waals surface area contributed by atoms with Crippen molar-refractivity contribution in [2.45, 2.75) is 36.5 Å². The maximum atomic E-state index is 12.6. The summed E-state index contributed by atoms with van der Waals surface area (Å²) in [5.74, 6) is 0. The van der Waals surface area contributed by atoms with E-state index >= 15 is 0 Å². The van der Waals surface area contributed by atoms with E-state index in [1.165, 1.54) is 0 Å². The summed E-state index contributed by atoms with van der Waals surface area (Å²) in [6, 6.07) is 16.6. The standard InChI is InChI=1S/C18H20INO3S/c1-13-7-9-15(10-8-13)24(21,22)20-16-11-17(23-18(16)12-19)14-5-3-2-4-6-14/h2-10,16-18,20H,11-12H2,1H3/t16-,17+,18-/m0/s1. The second kappa shape index (κ2) is 7.51. The average molecular weight is 457 g/mol. The van der Waals surface area contributed by atoms with Gasteiger partial charge in [0.1, 0.15) is 0 Å². The fourth-order valence-electron chi connectivity index (χ4n) is 2.88. The van der Waals surface area contributed by atoms with Crippen molar-refractivity contribution in [1.82, 2.24) is 4.72 Å². The van der Waals surface area contributed by atoms with Gasteiger partial charge in [-0.2, -0.15) is 0 Å². The van der Waals surface area contributed by atoms with Crippen LogP contribution in [0.5, 0.6) is 0 Å². The molecule has 0 aliphatic carbocycles. The van der Waals surface area contributed by atoms with Crippen LogP contribution < -0.4 is 4.72 Å². The molecule has 4 nitrogen and oxygen atoms in total. The molecule has 24 heavy (non-hydrogen) atoms. The van der Waals surface area contributed by atoms with Crippen LogP contribution in [0.15, 0.2) is 59.5 Å². The van der Waals surface area contributed by atoms with Crippen molar-refractivity contribution in [2.75, 3.05) is 4.43 Å². The van der Waals surface area contributed by atoms with Gasteiger partial charge in [0, 0.05) is 4.43 Å². The fourth-order valence-corrected chi connectivity index (χ4v) is 4.98. The van der Waals surface area contributed by atoms with Crippen molar-refractivity contribution in [3.05, 3.63) is 65.7 Å². The third-order valence-electron chi connectivity index (χ3n) is 4.22. The van der Waals surface area contributed by atoms with E-state index in [0.717, 1.165) is 15.6 Å². The Hall–Kier alpha value is -0.960. The molecule has 6 heteroatoms. The summed E-state index contributed by atoms with van der Waals surface area (Å²) in [6.45, 7) is 1.94. The maximum absolute atomic E-state index is 12.6. The van der Waals surface area contributed by atoms with Crippen molar-refractivity contribution >= 4 is 32.6 Å². The average Bonchev–Trinajstić information content (AvgIpc) is 2.98. The molecule has 1 saturated heterocycles. The van der Waals surface area contributed by atoms with Crippen LogP contribution in [0.1, 0.15) is 23.7 Å². The highest BCUT2D eigenvalue weighted by Crippen LogP contribution is 2.34. The molecule has 0 amide bonds. The quantitative estimate of drug-likeness (QED) is 0.552. The summed E-state index contributed by atoms with van der Waals surface area (Å²) in [4.78, 5) is 0.295. The minimum absolute atomic E-state index is 0.0725. The Kier molecular flexibility index (Phi) is 5.59. The van der Waals surface area contributed by atoms with Crippen molar-refractivity contribution in [3.8, 4) is 0 Å². The van der Waals surface area contributed by atoms with E-state index in [9.17, 15) is 8.42 Å². The number of ether oxygens (including phenoxy) is 1. The molecular weight excluding hydrogens is 437 g/mol. The number of aryl methyl sites for hydroxylation is 1. The monoisotopic (exact) mass is 457 g/mol. The van der Waals surface area contributed by atoms with Crippen molar-refractivity contribution in [1.29, 1.82) is 0 Å². The third-order valence-corrected chi connectivity index (χ3v) is 6.59. The summed E-state index contributed by atoms with van der Waals surface area (Å²) in [5.41, 5.74) is 2.12. The number of hydrogen-bond acceptors (Lipinski definition) is 3. The summed E-state index contributed by atoms with van der Waals surface area (Å²) >= 11 is 2.24. The Balaban J connectivity index is 1.77. The molecular formula is C18H20INO3S. The molecule has 128 valence electrons. The highest BCUT2D eigenvalue weighted by atomic mass is 127. The van der Waals surface area contributed by atoms with Crippen molar-refractivity contribution in [2.24, 2.45) is 0 Å². The van der Waals surface area contributed by atoms with Gasteiger partial charge in [0.15, 0.2) is 0 Å². The molecule has 2 aromatic carbocycles. The van der Waals surface area contributed by atoms with Crippen LogP contribution >= 0.6 is 22.6 Å². The van der Waals surface area contributed by atoms with E-state index in [4.69, 9.17) is 4.74 Å². The van der Waals surface area contributed by atoms with Crippen LogP contribution in [0.2, 0.25) is 0 Å². The molecule has 3 rings (SSSR count). The number of halogens is 1. The zero-order chi connectivity index (χ0) is 17.2. The maximum Gasteiger partial charge on any atom is 0.240 e. The lowest BCUT2D eigenvalue weighted by molar-refractivity contribution is 0.0556. The van der Waals surface area contributed by atoms with Crippen molar-refractivity contribution < 1.29 is 13.2 Å². The van der Waals surface area contributed by atoms with Gasteiger partial charge in [0.05, 0.1) is 23.1 Å². The first-order valence-corrected chi connectivity index (χ1v) is 10.9. The van der Waals surface area contributed by atoms with Gasteiger partial charge in [0.25, 0.3) is 0 Å². The third kappa shape index (κ3) is 3.99. The lowest BCUT2D eigenvalue weighted by atomic mass is 10.0. The second-order valence-electron chi connectivity index (χ2n) is 6.00. The first kappa shape index (κ1) is 17.8. The molecule has 1 aliphatic heterocycles. The molecule has 2 aromatic rings. The second-order valence-corrected chi connectivity index (χ2v) is 8.60. The molecule has 1 fully saturated rings. The Bertz CT molecular complexity index is 778. The van der Waals surface area contributed by atoms with Gasteiger partial charge in [-0.25, -0.2) is 13.1 Å². The Morgan fingerprint density at radius 1 is 1.12 bits per heavy atom. The summed E-state index contributed by atoms with van der Waals surface area (Å²) in [7, 11) is -3.54. The van der Waals surface area contributed by atoms with Crippen LogP contribution in [-0.4, -0.2) is 25.0 Å². The highest BCUT2D eigenvalue weighted by Gasteiger charge is 2.37. The Labute approximate surface area is 156 Å². The minimum Gasteiger partial charge on any atom is -0.368 e. The smallest absolute Gasteiger partial charge is 0.240 e. The van der Waals surface area contributed by atoms with E-state index in [-0.39, 0.29) is 18.2 Å². The SMILES string of the molecule is Cc1ccc(S(=O)(=O)N[C@H]2C[C@H](c3ccccc3)O[C@H]2CI)cc1. The molecule has 0 bridgehead atoms. The molecule has 3 atom stereocenters. The Morgan fingerprint density at radius 3 is 2.42 bits per heavy atom. The predicted octanol–water partition coefficient (Wildman–Crippen LogP) is 3.61. The summed E-state index contributed by atoms with van der Waals surface area (Å²) in [5, 5.41) is 0. The van der Waals surface area contributed by atoms with Crippen molar-refractivity contribution in [3.63, 3.8) is 0 Å².